The van der Waals surface area contributed by atoms with Gasteiger partial charge < -0.3 is 19.3 Å². The summed E-state index contributed by atoms with van der Waals surface area (Å²) in [6.45, 7) is 2.67. The summed E-state index contributed by atoms with van der Waals surface area (Å²) in [4.78, 5) is 8.71. The number of ether oxygens (including phenoxy) is 1. The zero-order valence-corrected chi connectivity index (χ0v) is 17.4. The second-order valence-electron chi connectivity index (χ2n) is 7.04. The van der Waals surface area contributed by atoms with E-state index in [2.05, 4.69) is 28.2 Å². The molecule has 1 N–H and O–H groups in total. The van der Waals surface area contributed by atoms with E-state index in [1.165, 1.54) is 4.88 Å². The van der Waals surface area contributed by atoms with Crippen molar-refractivity contribution in [1.29, 1.82) is 0 Å². The minimum atomic E-state index is -4.53. The maximum absolute atomic E-state index is 13.1. The minimum absolute atomic E-state index is 0.0995. The predicted octanol–water partition coefficient (Wildman–Crippen LogP) is 2.07. The van der Waals surface area contributed by atoms with E-state index in [0.29, 0.717) is 18.4 Å². The van der Waals surface area contributed by atoms with E-state index in [1.54, 1.807) is 11.3 Å². The first kappa shape index (κ1) is 20.8. The van der Waals surface area contributed by atoms with E-state index in [-0.39, 0.29) is 32.1 Å². The van der Waals surface area contributed by atoms with Gasteiger partial charge in [0.15, 0.2) is 10.7 Å². The molecule has 3 aromatic rings. The van der Waals surface area contributed by atoms with Gasteiger partial charge in [-0.15, -0.1) is 10.2 Å². The highest BCUT2D eigenvalue weighted by Gasteiger charge is 2.40. The number of hydrogen-bond acceptors (Lipinski definition) is 7. The van der Waals surface area contributed by atoms with Crippen molar-refractivity contribution < 1.29 is 27.6 Å². The van der Waals surface area contributed by atoms with Crippen molar-refractivity contribution in [3.8, 4) is 6.01 Å². The SMILES string of the molecule is CCCc1cc2c(N3CCn4c(nnc4C(F)(F)F)C3)nc(OCCO)[n+](C)c2s1. The molecule has 1 aliphatic heterocycles. The molecule has 0 radical (unpaired) electrons. The molecule has 4 heterocycles. The zero-order chi connectivity index (χ0) is 21.5. The number of aromatic nitrogens is 5. The topological polar surface area (TPSA) is 80.2 Å². The maximum Gasteiger partial charge on any atom is 0.501 e. The number of alkyl halides is 3. The summed E-state index contributed by atoms with van der Waals surface area (Å²) in [6.07, 6.45) is -2.61. The van der Waals surface area contributed by atoms with E-state index in [9.17, 15) is 13.2 Å². The van der Waals surface area contributed by atoms with Crippen LogP contribution in [-0.4, -0.2) is 44.6 Å². The van der Waals surface area contributed by atoms with Crippen molar-refractivity contribution in [3.63, 3.8) is 0 Å². The molecule has 0 saturated carbocycles. The molecule has 0 spiro atoms. The number of rotatable bonds is 6. The van der Waals surface area contributed by atoms with Crippen LogP contribution < -0.4 is 14.2 Å². The second kappa shape index (κ2) is 7.99. The molecule has 12 heteroatoms. The van der Waals surface area contributed by atoms with E-state index in [1.807, 2.05) is 16.5 Å². The Morgan fingerprint density at radius 1 is 1.30 bits per heavy atom. The van der Waals surface area contributed by atoms with Gasteiger partial charge >= 0.3 is 12.2 Å². The molecule has 30 heavy (non-hydrogen) atoms. The van der Waals surface area contributed by atoms with Gasteiger partial charge in [0.2, 0.25) is 5.82 Å². The molecule has 0 aliphatic carbocycles. The molecule has 0 aromatic carbocycles. The monoisotopic (exact) mass is 443 g/mol. The molecule has 0 bridgehead atoms. The lowest BCUT2D eigenvalue weighted by Crippen LogP contribution is -2.38. The van der Waals surface area contributed by atoms with E-state index in [0.717, 1.165) is 27.6 Å². The highest BCUT2D eigenvalue weighted by atomic mass is 32.1. The third-order valence-electron chi connectivity index (χ3n) is 4.92. The average molecular weight is 443 g/mol. The Bertz CT molecular complexity index is 1060. The number of aliphatic hydroxyl groups excluding tert-OH is 1. The maximum atomic E-state index is 13.1. The van der Waals surface area contributed by atoms with Gasteiger partial charge in [0.05, 0.1) is 20.2 Å². The minimum Gasteiger partial charge on any atom is -0.426 e. The van der Waals surface area contributed by atoms with E-state index in [4.69, 9.17) is 9.84 Å². The Morgan fingerprint density at radius 3 is 2.80 bits per heavy atom. The van der Waals surface area contributed by atoms with Crippen LogP contribution in [0.15, 0.2) is 6.07 Å². The van der Waals surface area contributed by atoms with Crippen molar-refractivity contribution in [1.82, 2.24) is 19.7 Å². The van der Waals surface area contributed by atoms with Crippen molar-refractivity contribution >= 4 is 27.4 Å². The van der Waals surface area contributed by atoms with Crippen molar-refractivity contribution in [2.75, 3.05) is 24.7 Å². The molecule has 0 fully saturated rings. The van der Waals surface area contributed by atoms with Gasteiger partial charge in [-0.25, -0.2) is 0 Å². The molecule has 0 unspecified atom stereocenters. The first-order valence-electron chi connectivity index (χ1n) is 9.63. The molecule has 1 aliphatic rings. The van der Waals surface area contributed by atoms with Gasteiger partial charge in [0.1, 0.15) is 12.0 Å². The molecule has 0 atom stereocenters. The third kappa shape index (κ3) is 3.69. The number of fused-ring (bicyclic) bond motifs is 2. The number of thiophene rings is 1. The summed E-state index contributed by atoms with van der Waals surface area (Å²) in [7, 11) is 1.85. The fourth-order valence-electron chi connectivity index (χ4n) is 3.58. The van der Waals surface area contributed by atoms with Crippen molar-refractivity contribution in [2.45, 2.75) is 39.0 Å². The first-order valence-corrected chi connectivity index (χ1v) is 10.5. The van der Waals surface area contributed by atoms with Crippen LogP contribution in [0.25, 0.3) is 10.2 Å². The lowest BCUT2D eigenvalue weighted by atomic mass is 10.2. The third-order valence-corrected chi connectivity index (χ3v) is 6.19. The standard InChI is InChI=1S/C18H22F3N6O2S/c1-3-4-11-9-12-14(22-17(29-8-7-28)25(2)15(12)30-11)26-5-6-27-13(10-26)23-24-16(27)18(19,20)21/h9,28H,3-8,10H2,1-2H3/q+1. The Morgan fingerprint density at radius 2 is 2.10 bits per heavy atom. The Balaban J connectivity index is 1.76. The molecule has 4 rings (SSSR count). The summed E-state index contributed by atoms with van der Waals surface area (Å²) in [5.74, 6) is -0.0847. The number of hydrogen-bond donors (Lipinski definition) is 1. The van der Waals surface area contributed by atoms with Crippen LogP contribution >= 0.6 is 11.3 Å². The van der Waals surface area contributed by atoms with Crippen LogP contribution in [0.4, 0.5) is 19.0 Å². The summed E-state index contributed by atoms with van der Waals surface area (Å²) < 4.78 is 48.0. The molecule has 8 nitrogen and oxygen atoms in total. The van der Waals surface area contributed by atoms with Gasteiger partial charge in [0.25, 0.3) is 5.82 Å². The van der Waals surface area contributed by atoms with Crippen LogP contribution in [0.1, 0.15) is 29.9 Å². The van der Waals surface area contributed by atoms with Gasteiger partial charge in [-0.2, -0.15) is 17.7 Å². The number of halogens is 3. The predicted molar refractivity (Wildman–Crippen MR) is 103 cm³/mol. The van der Waals surface area contributed by atoms with Crippen LogP contribution in [0.2, 0.25) is 0 Å². The molecule has 162 valence electrons. The lowest BCUT2D eigenvalue weighted by Gasteiger charge is -2.27. The number of aryl methyl sites for hydroxylation is 2. The Kier molecular flexibility index (Phi) is 5.53. The second-order valence-corrected chi connectivity index (χ2v) is 8.16. The zero-order valence-electron chi connectivity index (χ0n) is 16.6. The van der Waals surface area contributed by atoms with Crippen LogP contribution in [0, 0.1) is 0 Å². The molecule has 0 saturated heterocycles. The highest BCUT2D eigenvalue weighted by Crippen LogP contribution is 2.35. The van der Waals surface area contributed by atoms with Gasteiger partial charge in [0, 0.05) is 23.0 Å². The molecular formula is C18H22F3N6O2S+. The van der Waals surface area contributed by atoms with Crippen LogP contribution in [0.5, 0.6) is 6.01 Å². The van der Waals surface area contributed by atoms with Crippen molar-refractivity contribution in [3.05, 3.63) is 22.6 Å². The fraction of sp³-hybridized carbons (Fsp3) is 0.556. The summed E-state index contributed by atoms with van der Waals surface area (Å²) in [5.41, 5.74) is 0. The summed E-state index contributed by atoms with van der Waals surface area (Å²) in [6, 6.07) is 2.43. The molecule has 0 amide bonds. The summed E-state index contributed by atoms with van der Waals surface area (Å²) >= 11 is 1.64. The number of anilines is 1. The Labute approximate surface area is 174 Å². The summed E-state index contributed by atoms with van der Waals surface area (Å²) in [5, 5.41) is 17.2. The lowest BCUT2D eigenvalue weighted by molar-refractivity contribution is -0.652. The number of nitrogens with zero attached hydrogens (tertiary/aromatic N) is 6. The largest absolute Gasteiger partial charge is 0.501 e. The number of aliphatic hydroxyl groups is 1. The van der Waals surface area contributed by atoms with Gasteiger partial charge in [-0.3, -0.25) is 0 Å². The fourth-order valence-corrected chi connectivity index (χ4v) is 4.78. The smallest absolute Gasteiger partial charge is 0.426 e. The Hall–Kier alpha value is -2.47. The molecule has 3 aromatic heterocycles. The average Bonchev–Trinajstić information content (AvgIpc) is 3.31. The van der Waals surface area contributed by atoms with Crippen LogP contribution in [0.3, 0.4) is 0 Å². The first-order chi connectivity index (χ1) is 14.3. The van der Waals surface area contributed by atoms with Crippen LogP contribution in [-0.2, 0) is 32.7 Å². The van der Waals surface area contributed by atoms with Gasteiger partial charge in [-0.05, 0) is 12.5 Å². The quantitative estimate of drug-likeness (QED) is 0.588. The van der Waals surface area contributed by atoms with Crippen molar-refractivity contribution in [2.24, 2.45) is 7.05 Å². The normalized spacial score (nSPS) is 14.4. The van der Waals surface area contributed by atoms with Gasteiger partial charge in [-0.1, -0.05) is 24.7 Å². The van der Waals surface area contributed by atoms with E-state index >= 15 is 0 Å². The molecular weight excluding hydrogens is 421 g/mol. The van der Waals surface area contributed by atoms with E-state index < -0.39 is 12.0 Å². The highest BCUT2D eigenvalue weighted by molar-refractivity contribution is 7.18.